The maximum absolute atomic E-state index is 12.1. The van der Waals surface area contributed by atoms with Gasteiger partial charge in [0.1, 0.15) is 5.75 Å². The molecule has 0 amide bonds. The van der Waals surface area contributed by atoms with Crippen LogP contribution in [-0.4, -0.2) is 41.5 Å². The number of hydrogen-bond acceptors (Lipinski definition) is 6. The predicted molar refractivity (Wildman–Crippen MR) is 167 cm³/mol. The van der Waals surface area contributed by atoms with Crippen molar-refractivity contribution in [1.29, 1.82) is 0 Å². The molecule has 232 valence electrons. The summed E-state index contributed by atoms with van der Waals surface area (Å²) in [4.78, 5) is 0.151. The van der Waals surface area contributed by atoms with Crippen molar-refractivity contribution in [3.05, 3.63) is 59.7 Å². The van der Waals surface area contributed by atoms with Crippen LogP contribution in [0.3, 0.4) is 0 Å². The Hall–Kier alpha value is -1.93. The fourth-order valence-electron chi connectivity index (χ4n) is 4.55. The Balaban J connectivity index is 1.38. The Morgan fingerprint density at radius 2 is 1.07 bits per heavy atom. The van der Waals surface area contributed by atoms with Crippen LogP contribution in [0.4, 0.5) is 0 Å². The third kappa shape index (κ3) is 17.6. The highest BCUT2D eigenvalue weighted by molar-refractivity contribution is 7.86. The van der Waals surface area contributed by atoms with Gasteiger partial charge in [-0.2, -0.15) is 8.42 Å². The second kappa shape index (κ2) is 22.6. The monoisotopic (exact) mass is 590 g/mol. The summed E-state index contributed by atoms with van der Waals surface area (Å²) in [5, 5.41) is 0. The minimum absolute atomic E-state index is 0.0307. The molecular formula is C34H54O6S. The highest BCUT2D eigenvalue weighted by Crippen LogP contribution is 2.16. The molecule has 6 nitrogen and oxygen atoms in total. The molecule has 0 aliphatic heterocycles. The first-order valence-electron chi connectivity index (χ1n) is 15.8. The summed E-state index contributed by atoms with van der Waals surface area (Å²) in [6.07, 6.45) is 19.0. The Kier molecular flexibility index (Phi) is 19.5. The lowest BCUT2D eigenvalue weighted by Gasteiger charge is -2.09. The normalized spacial score (nSPS) is 11.7. The van der Waals surface area contributed by atoms with Gasteiger partial charge in [0.15, 0.2) is 0 Å². The van der Waals surface area contributed by atoms with Crippen molar-refractivity contribution in [3.8, 4) is 5.75 Å². The van der Waals surface area contributed by atoms with Crippen LogP contribution in [0, 0.1) is 6.92 Å². The maximum atomic E-state index is 12.1. The van der Waals surface area contributed by atoms with Gasteiger partial charge >= 0.3 is 0 Å². The summed E-state index contributed by atoms with van der Waals surface area (Å²) in [5.41, 5.74) is 2.06. The van der Waals surface area contributed by atoms with E-state index in [1.54, 1.807) is 24.3 Å². The molecule has 0 saturated heterocycles. The summed E-state index contributed by atoms with van der Waals surface area (Å²) < 4.78 is 46.2. The standard InChI is InChI=1S/C34H54O6S/c1-3-4-5-6-7-8-9-10-11-12-13-14-15-16-25-39-33-21-19-32(20-22-33)30-38-27-26-37-28-29-40-41(35,36)34-23-17-31(2)18-24-34/h17-24H,3-16,25-30H2,1-2H3. The molecule has 0 N–H and O–H groups in total. The van der Waals surface area contributed by atoms with Gasteiger partial charge in [0.25, 0.3) is 10.1 Å². The third-order valence-electron chi connectivity index (χ3n) is 7.11. The molecule has 2 aromatic carbocycles. The van der Waals surface area contributed by atoms with E-state index in [1.807, 2.05) is 31.2 Å². The van der Waals surface area contributed by atoms with Crippen LogP contribution in [0.2, 0.25) is 0 Å². The largest absolute Gasteiger partial charge is 0.494 e. The van der Waals surface area contributed by atoms with E-state index < -0.39 is 10.1 Å². The van der Waals surface area contributed by atoms with E-state index in [1.165, 1.54) is 83.5 Å². The van der Waals surface area contributed by atoms with Crippen molar-refractivity contribution in [2.45, 2.75) is 115 Å². The number of aryl methyl sites for hydroxylation is 1. The van der Waals surface area contributed by atoms with Crippen LogP contribution in [-0.2, 0) is 30.4 Å². The lowest BCUT2D eigenvalue weighted by molar-refractivity contribution is 0.0310. The van der Waals surface area contributed by atoms with E-state index in [2.05, 4.69) is 6.92 Å². The van der Waals surface area contributed by atoms with Gasteiger partial charge in [0.05, 0.1) is 44.5 Å². The van der Waals surface area contributed by atoms with E-state index in [0.717, 1.165) is 29.9 Å². The number of hydrogen-bond donors (Lipinski definition) is 0. The van der Waals surface area contributed by atoms with Crippen LogP contribution in [0.15, 0.2) is 53.4 Å². The topological polar surface area (TPSA) is 71.1 Å². The molecule has 0 heterocycles. The predicted octanol–water partition coefficient (Wildman–Crippen LogP) is 8.79. The van der Waals surface area contributed by atoms with Crippen molar-refractivity contribution < 1.29 is 26.8 Å². The fourth-order valence-corrected chi connectivity index (χ4v) is 5.45. The van der Waals surface area contributed by atoms with Crippen molar-refractivity contribution in [2.75, 3.05) is 33.0 Å². The Bertz CT molecular complexity index is 989. The van der Waals surface area contributed by atoms with E-state index in [4.69, 9.17) is 18.4 Å². The van der Waals surface area contributed by atoms with Gasteiger partial charge < -0.3 is 14.2 Å². The minimum atomic E-state index is -3.75. The molecule has 0 atom stereocenters. The lowest BCUT2D eigenvalue weighted by atomic mass is 10.0. The highest BCUT2D eigenvalue weighted by atomic mass is 32.2. The third-order valence-corrected chi connectivity index (χ3v) is 8.43. The van der Waals surface area contributed by atoms with Crippen molar-refractivity contribution in [3.63, 3.8) is 0 Å². The van der Waals surface area contributed by atoms with Gasteiger partial charge in [-0.05, 0) is 43.2 Å². The van der Waals surface area contributed by atoms with Crippen LogP contribution in [0.25, 0.3) is 0 Å². The average Bonchev–Trinajstić information content (AvgIpc) is 2.97. The highest BCUT2D eigenvalue weighted by Gasteiger charge is 2.14. The zero-order valence-corrected chi connectivity index (χ0v) is 26.4. The molecule has 0 radical (unpaired) electrons. The van der Waals surface area contributed by atoms with Crippen LogP contribution in [0.5, 0.6) is 5.75 Å². The van der Waals surface area contributed by atoms with Crippen molar-refractivity contribution >= 4 is 10.1 Å². The minimum Gasteiger partial charge on any atom is -0.494 e. The maximum Gasteiger partial charge on any atom is 0.297 e. The molecule has 0 spiro atoms. The second-order valence-electron chi connectivity index (χ2n) is 10.8. The second-order valence-corrected chi connectivity index (χ2v) is 12.5. The fraction of sp³-hybridized carbons (Fsp3) is 0.647. The molecule has 0 aromatic heterocycles. The summed E-state index contributed by atoms with van der Waals surface area (Å²) in [5.74, 6) is 0.896. The summed E-state index contributed by atoms with van der Waals surface area (Å²) >= 11 is 0. The van der Waals surface area contributed by atoms with E-state index >= 15 is 0 Å². The Morgan fingerprint density at radius 1 is 0.561 bits per heavy atom. The number of ether oxygens (including phenoxy) is 3. The van der Waals surface area contributed by atoms with E-state index in [0.29, 0.717) is 19.8 Å². The number of rotatable bonds is 26. The molecule has 2 rings (SSSR count). The molecule has 0 saturated carbocycles. The van der Waals surface area contributed by atoms with Crippen molar-refractivity contribution in [2.24, 2.45) is 0 Å². The molecular weight excluding hydrogens is 536 g/mol. The zero-order chi connectivity index (χ0) is 29.4. The smallest absolute Gasteiger partial charge is 0.297 e. The van der Waals surface area contributed by atoms with Crippen LogP contribution in [0.1, 0.15) is 108 Å². The molecule has 0 aliphatic rings. The van der Waals surface area contributed by atoms with Crippen molar-refractivity contribution in [1.82, 2.24) is 0 Å². The molecule has 2 aromatic rings. The average molecular weight is 591 g/mol. The summed E-state index contributed by atoms with van der Waals surface area (Å²) in [6.45, 7) is 6.37. The summed E-state index contributed by atoms with van der Waals surface area (Å²) in [7, 11) is -3.75. The quantitative estimate of drug-likeness (QED) is 0.0805. The number of benzene rings is 2. The lowest BCUT2D eigenvalue weighted by Crippen LogP contribution is -2.13. The SMILES string of the molecule is CCCCCCCCCCCCCCCCOc1ccc(COCCOCCOS(=O)(=O)c2ccc(C)cc2)cc1. The van der Waals surface area contributed by atoms with Gasteiger partial charge in [-0.3, -0.25) is 4.18 Å². The number of unbranched alkanes of at least 4 members (excludes halogenated alkanes) is 13. The Labute approximate surface area is 250 Å². The molecule has 0 unspecified atom stereocenters. The zero-order valence-electron chi connectivity index (χ0n) is 25.6. The van der Waals surface area contributed by atoms with Crippen LogP contribution < -0.4 is 4.74 Å². The molecule has 41 heavy (non-hydrogen) atoms. The molecule has 0 aliphatic carbocycles. The summed E-state index contributed by atoms with van der Waals surface area (Å²) in [6, 6.07) is 14.6. The van der Waals surface area contributed by atoms with Gasteiger partial charge in [0, 0.05) is 0 Å². The molecule has 0 fully saturated rings. The first-order chi connectivity index (χ1) is 20.0. The van der Waals surface area contributed by atoms with E-state index in [-0.39, 0.29) is 18.1 Å². The van der Waals surface area contributed by atoms with Gasteiger partial charge in [-0.1, -0.05) is 120 Å². The first-order valence-corrected chi connectivity index (χ1v) is 17.3. The van der Waals surface area contributed by atoms with Gasteiger partial charge in [-0.15, -0.1) is 0 Å². The van der Waals surface area contributed by atoms with Crippen LogP contribution >= 0.6 is 0 Å². The van der Waals surface area contributed by atoms with Gasteiger partial charge in [0.2, 0.25) is 0 Å². The van der Waals surface area contributed by atoms with E-state index in [9.17, 15) is 8.42 Å². The van der Waals surface area contributed by atoms with Gasteiger partial charge in [-0.25, -0.2) is 0 Å². The molecule has 7 heteroatoms. The molecule has 0 bridgehead atoms. The first kappa shape index (κ1) is 35.3. The Morgan fingerprint density at radius 3 is 1.66 bits per heavy atom.